The van der Waals surface area contributed by atoms with Crippen molar-refractivity contribution in [3.63, 3.8) is 0 Å². The van der Waals surface area contributed by atoms with Crippen molar-refractivity contribution in [2.75, 3.05) is 31.2 Å². The normalized spacial score (nSPS) is 15.8. The maximum atomic E-state index is 5.45. The van der Waals surface area contributed by atoms with Gasteiger partial charge >= 0.3 is 0 Å². The molecule has 0 unspecified atom stereocenters. The van der Waals surface area contributed by atoms with Gasteiger partial charge in [-0.05, 0) is 18.1 Å². The molecular weight excluding hydrogens is 270 g/mol. The Hall–Kier alpha value is -1.46. The molecule has 4 nitrogen and oxygen atoms in total. The number of aromatic nitrogens is 2. The molecule has 3 rings (SSSR count). The highest BCUT2D eigenvalue weighted by molar-refractivity contribution is 7.19. The third kappa shape index (κ3) is 2.69. The van der Waals surface area contributed by atoms with Gasteiger partial charge in [-0.25, -0.2) is 4.98 Å². The van der Waals surface area contributed by atoms with Gasteiger partial charge in [0.15, 0.2) is 0 Å². The maximum absolute atomic E-state index is 5.45. The molecule has 1 aliphatic heterocycles. The monoisotopic (exact) mass is 289 g/mol. The number of rotatable bonds is 3. The highest BCUT2D eigenvalue weighted by atomic mass is 32.1. The molecule has 106 valence electrons. The van der Waals surface area contributed by atoms with E-state index < -0.39 is 0 Å². The van der Waals surface area contributed by atoms with E-state index in [2.05, 4.69) is 29.8 Å². The van der Waals surface area contributed by atoms with Gasteiger partial charge in [0.05, 0.1) is 18.9 Å². The zero-order valence-corrected chi connectivity index (χ0v) is 12.7. The van der Waals surface area contributed by atoms with Crippen molar-refractivity contribution < 1.29 is 4.74 Å². The van der Waals surface area contributed by atoms with Crippen LogP contribution in [-0.2, 0) is 4.74 Å². The molecule has 5 heteroatoms. The van der Waals surface area contributed by atoms with Crippen molar-refractivity contribution in [3.8, 4) is 10.6 Å². The van der Waals surface area contributed by atoms with E-state index in [1.165, 1.54) is 10.7 Å². The summed E-state index contributed by atoms with van der Waals surface area (Å²) in [5.74, 6) is 0.425. The molecule has 2 aromatic heterocycles. The van der Waals surface area contributed by atoms with Crippen LogP contribution in [-0.4, -0.2) is 36.3 Å². The lowest BCUT2D eigenvalue weighted by Crippen LogP contribution is -2.36. The van der Waals surface area contributed by atoms with Gasteiger partial charge < -0.3 is 9.64 Å². The molecule has 3 heterocycles. The molecule has 0 amide bonds. The van der Waals surface area contributed by atoms with Crippen molar-refractivity contribution in [2.45, 2.75) is 19.8 Å². The molecule has 1 aliphatic rings. The predicted octanol–water partition coefficient (Wildman–Crippen LogP) is 3.17. The van der Waals surface area contributed by atoms with Crippen LogP contribution in [0.25, 0.3) is 10.6 Å². The summed E-state index contributed by atoms with van der Waals surface area (Å²) in [4.78, 5) is 11.4. The number of thiazole rings is 1. The van der Waals surface area contributed by atoms with E-state index in [1.54, 1.807) is 17.5 Å². The number of pyridine rings is 1. The topological polar surface area (TPSA) is 38.2 Å². The van der Waals surface area contributed by atoms with E-state index in [4.69, 9.17) is 9.72 Å². The Labute approximate surface area is 123 Å². The Morgan fingerprint density at radius 2 is 2.10 bits per heavy atom. The minimum absolute atomic E-state index is 0.425. The standard InChI is InChI=1S/C15H19N3OS/c1-11(2)13-15(18-6-8-19-9-7-18)20-14(17-13)12-4-3-5-16-10-12/h3-5,10-11H,6-9H2,1-2H3. The summed E-state index contributed by atoms with van der Waals surface area (Å²) >= 11 is 1.77. The van der Waals surface area contributed by atoms with Gasteiger partial charge in [0.25, 0.3) is 0 Å². The van der Waals surface area contributed by atoms with E-state index in [0.29, 0.717) is 5.92 Å². The van der Waals surface area contributed by atoms with Crippen molar-refractivity contribution in [1.82, 2.24) is 9.97 Å². The number of ether oxygens (including phenoxy) is 1. The fourth-order valence-electron chi connectivity index (χ4n) is 2.31. The quantitative estimate of drug-likeness (QED) is 0.870. The van der Waals surface area contributed by atoms with Crippen LogP contribution >= 0.6 is 11.3 Å². The third-order valence-corrected chi connectivity index (χ3v) is 4.57. The van der Waals surface area contributed by atoms with E-state index in [-0.39, 0.29) is 0 Å². The first-order chi connectivity index (χ1) is 9.75. The maximum Gasteiger partial charge on any atom is 0.127 e. The molecule has 1 saturated heterocycles. The summed E-state index contributed by atoms with van der Waals surface area (Å²) in [5, 5.41) is 2.35. The molecule has 0 aromatic carbocycles. The van der Waals surface area contributed by atoms with Crippen LogP contribution in [0.1, 0.15) is 25.5 Å². The molecule has 2 aromatic rings. The van der Waals surface area contributed by atoms with Crippen LogP contribution in [0.4, 0.5) is 5.00 Å². The summed E-state index contributed by atoms with van der Waals surface area (Å²) in [6, 6.07) is 4.03. The number of morpholine rings is 1. The van der Waals surface area contributed by atoms with Crippen molar-refractivity contribution in [2.24, 2.45) is 0 Å². The predicted molar refractivity (Wildman–Crippen MR) is 82.5 cm³/mol. The van der Waals surface area contributed by atoms with Crippen LogP contribution in [0.2, 0.25) is 0 Å². The average Bonchev–Trinajstić information content (AvgIpc) is 2.94. The average molecular weight is 289 g/mol. The Balaban J connectivity index is 1.98. The fraction of sp³-hybridized carbons (Fsp3) is 0.467. The Morgan fingerprint density at radius 1 is 1.30 bits per heavy atom. The lowest BCUT2D eigenvalue weighted by atomic mass is 10.1. The molecule has 0 atom stereocenters. The van der Waals surface area contributed by atoms with Crippen molar-refractivity contribution in [3.05, 3.63) is 30.2 Å². The number of anilines is 1. The Morgan fingerprint density at radius 3 is 2.75 bits per heavy atom. The van der Waals surface area contributed by atoms with E-state index in [0.717, 1.165) is 36.9 Å². The van der Waals surface area contributed by atoms with E-state index in [1.807, 2.05) is 12.3 Å². The second kappa shape index (κ2) is 5.89. The van der Waals surface area contributed by atoms with Crippen LogP contribution < -0.4 is 4.90 Å². The summed E-state index contributed by atoms with van der Waals surface area (Å²) in [5.41, 5.74) is 2.29. The SMILES string of the molecule is CC(C)c1nc(-c2cccnc2)sc1N1CCOCC1. The fourth-order valence-corrected chi connectivity index (χ4v) is 3.57. The zero-order chi connectivity index (χ0) is 13.9. The van der Waals surface area contributed by atoms with Crippen LogP contribution in [0.3, 0.4) is 0 Å². The van der Waals surface area contributed by atoms with Crippen LogP contribution in [0.5, 0.6) is 0 Å². The van der Waals surface area contributed by atoms with Crippen molar-refractivity contribution >= 4 is 16.3 Å². The first kappa shape index (κ1) is 13.5. The zero-order valence-electron chi connectivity index (χ0n) is 11.9. The molecule has 1 fully saturated rings. The summed E-state index contributed by atoms with van der Waals surface area (Å²) in [6.07, 6.45) is 3.68. The van der Waals surface area contributed by atoms with Crippen LogP contribution in [0.15, 0.2) is 24.5 Å². The van der Waals surface area contributed by atoms with Gasteiger partial charge in [-0.3, -0.25) is 4.98 Å². The molecule has 0 N–H and O–H groups in total. The second-order valence-electron chi connectivity index (χ2n) is 5.21. The van der Waals surface area contributed by atoms with E-state index in [9.17, 15) is 0 Å². The smallest absolute Gasteiger partial charge is 0.127 e. The second-order valence-corrected chi connectivity index (χ2v) is 6.18. The molecule has 0 spiro atoms. The number of nitrogens with zero attached hydrogens (tertiary/aromatic N) is 3. The molecule has 0 saturated carbocycles. The first-order valence-corrected chi connectivity index (χ1v) is 7.81. The lowest BCUT2D eigenvalue weighted by molar-refractivity contribution is 0.123. The largest absolute Gasteiger partial charge is 0.378 e. The highest BCUT2D eigenvalue weighted by Crippen LogP contribution is 2.38. The molecule has 20 heavy (non-hydrogen) atoms. The first-order valence-electron chi connectivity index (χ1n) is 6.99. The molecule has 0 radical (unpaired) electrons. The van der Waals surface area contributed by atoms with Gasteiger partial charge in [0.2, 0.25) is 0 Å². The van der Waals surface area contributed by atoms with Crippen molar-refractivity contribution in [1.29, 1.82) is 0 Å². The minimum Gasteiger partial charge on any atom is -0.378 e. The highest BCUT2D eigenvalue weighted by Gasteiger charge is 2.21. The minimum atomic E-state index is 0.425. The molecular formula is C15H19N3OS. The third-order valence-electron chi connectivity index (χ3n) is 3.39. The van der Waals surface area contributed by atoms with Gasteiger partial charge in [-0.15, -0.1) is 0 Å². The van der Waals surface area contributed by atoms with Gasteiger partial charge in [0, 0.05) is 31.0 Å². The Kier molecular flexibility index (Phi) is 3.98. The number of hydrogen-bond acceptors (Lipinski definition) is 5. The number of hydrogen-bond donors (Lipinski definition) is 0. The van der Waals surface area contributed by atoms with Crippen LogP contribution in [0, 0.1) is 0 Å². The molecule has 0 bridgehead atoms. The van der Waals surface area contributed by atoms with E-state index >= 15 is 0 Å². The Bertz CT molecular complexity index is 562. The van der Waals surface area contributed by atoms with Gasteiger partial charge in [-0.2, -0.15) is 0 Å². The summed E-state index contributed by atoms with van der Waals surface area (Å²) in [6.45, 7) is 7.91. The van der Waals surface area contributed by atoms with Gasteiger partial charge in [-0.1, -0.05) is 25.2 Å². The summed E-state index contributed by atoms with van der Waals surface area (Å²) < 4.78 is 5.45. The lowest BCUT2D eigenvalue weighted by Gasteiger charge is -2.28. The summed E-state index contributed by atoms with van der Waals surface area (Å²) in [7, 11) is 0. The van der Waals surface area contributed by atoms with Gasteiger partial charge in [0.1, 0.15) is 10.0 Å². The molecule has 0 aliphatic carbocycles.